The topological polar surface area (TPSA) is 26.3 Å². The third kappa shape index (κ3) is 2.99. The average Bonchev–Trinajstić information content (AvgIpc) is 2.37. The van der Waals surface area contributed by atoms with Gasteiger partial charge in [0.15, 0.2) is 5.78 Å². The van der Waals surface area contributed by atoms with E-state index >= 15 is 0 Å². The summed E-state index contributed by atoms with van der Waals surface area (Å²) in [5, 5.41) is 0.386. The molecule has 0 aliphatic carbocycles. The van der Waals surface area contributed by atoms with Gasteiger partial charge in [-0.05, 0) is 42.8 Å². The van der Waals surface area contributed by atoms with Crippen molar-refractivity contribution in [2.45, 2.75) is 6.92 Å². The van der Waals surface area contributed by atoms with E-state index in [2.05, 4.69) is 15.9 Å². The summed E-state index contributed by atoms with van der Waals surface area (Å²) in [4.78, 5) is 12.4. The zero-order chi connectivity index (χ0) is 14.0. The van der Waals surface area contributed by atoms with Crippen LogP contribution in [0.25, 0.3) is 0 Å². The lowest BCUT2D eigenvalue weighted by Crippen LogP contribution is -2.03. The van der Waals surface area contributed by atoms with Crippen LogP contribution in [-0.4, -0.2) is 12.9 Å². The Morgan fingerprint density at radius 1 is 1.16 bits per heavy atom. The van der Waals surface area contributed by atoms with Crippen LogP contribution in [0.4, 0.5) is 0 Å². The summed E-state index contributed by atoms with van der Waals surface area (Å²) in [5.74, 6) is 0.518. The van der Waals surface area contributed by atoms with E-state index in [0.29, 0.717) is 21.9 Å². The van der Waals surface area contributed by atoms with Crippen LogP contribution in [-0.2, 0) is 0 Å². The van der Waals surface area contributed by atoms with Crippen LogP contribution in [0.1, 0.15) is 21.5 Å². The molecule has 0 heterocycles. The van der Waals surface area contributed by atoms with Crippen LogP contribution in [0.2, 0.25) is 5.02 Å². The smallest absolute Gasteiger partial charge is 0.195 e. The van der Waals surface area contributed by atoms with Gasteiger partial charge < -0.3 is 4.74 Å². The maximum atomic E-state index is 12.4. The monoisotopic (exact) mass is 338 g/mol. The molecule has 0 saturated heterocycles. The van der Waals surface area contributed by atoms with Crippen molar-refractivity contribution in [3.63, 3.8) is 0 Å². The fourth-order valence-corrected chi connectivity index (χ4v) is 2.69. The molecule has 0 N–H and O–H groups in total. The molecule has 0 aromatic heterocycles. The molecule has 0 saturated carbocycles. The molecule has 0 unspecified atom stereocenters. The van der Waals surface area contributed by atoms with Gasteiger partial charge in [-0.1, -0.05) is 33.6 Å². The fourth-order valence-electron chi connectivity index (χ4n) is 1.76. The van der Waals surface area contributed by atoms with Gasteiger partial charge in [-0.15, -0.1) is 0 Å². The summed E-state index contributed by atoms with van der Waals surface area (Å²) in [6, 6.07) is 10.6. The van der Waals surface area contributed by atoms with Crippen LogP contribution >= 0.6 is 27.5 Å². The Morgan fingerprint density at radius 3 is 2.42 bits per heavy atom. The van der Waals surface area contributed by atoms with Crippen molar-refractivity contribution in [3.8, 4) is 5.75 Å². The maximum absolute atomic E-state index is 12.4. The van der Waals surface area contributed by atoms with Crippen LogP contribution in [0, 0.1) is 6.92 Å². The first-order chi connectivity index (χ1) is 9.02. The van der Waals surface area contributed by atoms with Gasteiger partial charge in [0.05, 0.1) is 12.1 Å². The Hall–Kier alpha value is -1.32. The van der Waals surface area contributed by atoms with E-state index in [4.69, 9.17) is 16.3 Å². The van der Waals surface area contributed by atoms with Crippen LogP contribution in [0.5, 0.6) is 5.75 Å². The first-order valence-electron chi connectivity index (χ1n) is 5.67. The quantitative estimate of drug-likeness (QED) is 0.761. The summed E-state index contributed by atoms with van der Waals surface area (Å²) in [6.07, 6.45) is 0. The van der Waals surface area contributed by atoms with Gasteiger partial charge in [-0.2, -0.15) is 0 Å². The van der Waals surface area contributed by atoms with E-state index in [9.17, 15) is 4.79 Å². The molecule has 2 rings (SSSR count). The number of hydrogen-bond acceptors (Lipinski definition) is 2. The number of ketones is 1. The third-order valence-corrected chi connectivity index (χ3v) is 3.76. The number of aryl methyl sites for hydroxylation is 1. The highest BCUT2D eigenvalue weighted by atomic mass is 79.9. The number of halogens is 2. The molecular weight excluding hydrogens is 328 g/mol. The van der Waals surface area contributed by atoms with Crippen molar-refractivity contribution >= 4 is 33.3 Å². The first-order valence-corrected chi connectivity index (χ1v) is 6.84. The highest BCUT2D eigenvalue weighted by molar-refractivity contribution is 9.10. The number of methoxy groups -OCH3 is 1. The number of carbonyl (C=O) groups excluding carboxylic acids is 1. The summed E-state index contributed by atoms with van der Waals surface area (Å²) in [5.41, 5.74) is 2.15. The van der Waals surface area contributed by atoms with Crippen LogP contribution < -0.4 is 4.74 Å². The molecule has 0 aliphatic rings. The third-order valence-electron chi connectivity index (χ3n) is 2.79. The standard InChI is InChI=1S/C15H12BrClO2/c1-9-3-5-11(13(16)7-9)15(18)12-6-4-10(19-2)8-14(12)17/h3-8H,1-2H3. The highest BCUT2D eigenvalue weighted by Crippen LogP contribution is 2.27. The SMILES string of the molecule is COc1ccc(C(=O)c2ccc(C)cc2Br)c(Cl)c1. The number of rotatable bonds is 3. The Morgan fingerprint density at radius 2 is 1.84 bits per heavy atom. The van der Waals surface area contributed by atoms with E-state index in [1.807, 2.05) is 19.1 Å². The van der Waals surface area contributed by atoms with Crippen molar-refractivity contribution in [2.24, 2.45) is 0 Å². The normalized spacial score (nSPS) is 10.3. The summed E-state index contributed by atoms with van der Waals surface area (Å²) in [7, 11) is 1.56. The molecule has 2 aromatic carbocycles. The lowest BCUT2D eigenvalue weighted by Gasteiger charge is -2.08. The van der Waals surface area contributed by atoms with Gasteiger partial charge in [0, 0.05) is 15.6 Å². The molecule has 0 bridgehead atoms. The number of ether oxygens (including phenoxy) is 1. The second-order valence-corrected chi connectivity index (χ2v) is 5.42. The fraction of sp³-hybridized carbons (Fsp3) is 0.133. The van der Waals surface area contributed by atoms with Gasteiger partial charge in [-0.25, -0.2) is 0 Å². The Balaban J connectivity index is 2.44. The van der Waals surface area contributed by atoms with Crippen molar-refractivity contribution < 1.29 is 9.53 Å². The number of hydrogen-bond donors (Lipinski definition) is 0. The zero-order valence-electron chi connectivity index (χ0n) is 10.5. The molecule has 2 aromatic rings. The maximum Gasteiger partial charge on any atom is 0.195 e. The molecule has 98 valence electrons. The summed E-state index contributed by atoms with van der Waals surface area (Å²) in [6.45, 7) is 1.97. The molecule has 2 nitrogen and oxygen atoms in total. The predicted octanol–water partition coefficient (Wildman–Crippen LogP) is 4.65. The molecule has 19 heavy (non-hydrogen) atoms. The molecule has 0 amide bonds. The summed E-state index contributed by atoms with van der Waals surface area (Å²) >= 11 is 9.53. The molecule has 0 spiro atoms. The summed E-state index contributed by atoms with van der Waals surface area (Å²) < 4.78 is 5.84. The van der Waals surface area contributed by atoms with E-state index in [1.165, 1.54) is 0 Å². The lowest BCUT2D eigenvalue weighted by atomic mass is 10.0. The molecule has 4 heteroatoms. The van der Waals surface area contributed by atoms with Crippen molar-refractivity contribution in [2.75, 3.05) is 7.11 Å². The number of benzene rings is 2. The molecule has 0 atom stereocenters. The second-order valence-electron chi connectivity index (χ2n) is 4.16. The van der Waals surface area contributed by atoms with Gasteiger partial charge in [0.25, 0.3) is 0 Å². The Bertz CT molecular complexity index is 638. The predicted molar refractivity (Wildman–Crippen MR) is 80.3 cm³/mol. The van der Waals surface area contributed by atoms with Gasteiger partial charge in [0.1, 0.15) is 5.75 Å². The van der Waals surface area contributed by atoms with Crippen molar-refractivity contribution in [1.82, 2.24) is 0 Å². The Kier molecular flexibility index (Phi) is 4.27. The van der Waals surface area contributed by atoms with Crippen molar-refractivity contribution in [1.29, 1.82) is 0 Å². The van der Waals surface area contributed by atoms with E-state index < -0.39 is 0 Å². The first kappa shape index (κ1) is 14.1. The van der Waals surface area contributed by atoms with E-state index in [0.717, 1.165) is 10.0 Å². The molecule has 0 radical (unpaired) electrons. The lowest BCUT2D eigenvalue weighted by molar-refractivity contribution is 0.103. The zero-order valence-corrected chi connectivity index (χ0v) is 12.9. The number of carbonyl (C=O) groups is 1. The van der Waals surface area contributed by atoms with Crippen LogP contribution in [0.3, 0.4) is 0 Å². The largest absolute Gasteiger partial charge is 0.497 e. The van der Waals surface area contributed by atoms with Crippen molar-refractivity contribution in [3.05, 3.63) is 62.6 Å². The molecule has 0 aliphatic heterocycles. The average molecular weight is 340 g/mol. The van der Waals surface area contributed by atoms with E-state index in [1.54, 1.807) is 31.4 Å². The minimum atomic E-state index is -0.112. The van der Waals surface area contributed by atoms with Gasteiger partial charge >= 0.3 is 0 Å². The molecule has 0 fully saturated rings. The van der Waals surface area contributed by atoms with E-state index in [-0.39, 0.29) is 5.78 Å². The van der Waals surface area contributed by atoms with Gasteiger partial charge in [0.2, 0.25) is 0 Å². The highest BCUT2D eigenvalue weighted by Gasteiger charge is 2.16. The molecular formula is C15H12BrClO2. The minimum absolute atomic E-state index is 0.112. The Labute approximate surface area is 125 Å². The second kappa shape index (κ2) is 5.76. The minimum Gasteiger partial charge on any atom is -0.497 e. The van der Waals surface area contributed by atoms with Crippen LogP contribution in [0.15, 0.2) is 40.9 Å². The van der Waals surface area contributed by atoms with Gasteiger partial charge in [-0.3, -0.25) is 4.79 Å².